The Labute approximate surface area is 396 Å². The third-order valence-corrected chi connectivity index (χ3v) is 14.2. The average Bonchev–Trinajstić information content (AvgIpc) is 4.08. The van der Waals surface area contributed by atoms with Crippen LogP contribution in [0.5, 0.6) is 0 Å². The molecule has 322 valence electrons. The predicted molar refractivity (Wildman–Crippen MR) is 287 cm³/mol. The van der Waals surface area contributed by atoms with Crippen molar-refractivity contribution in [3.8, 4) is 51.0 Å². The van der Waals surface area contributed by atoms with Gasteiger partial charge in [0, 0.05) is 69.7 Å². The van der Waals surface area contributed by atoms with Gasteiger partial charge in [0.2, 0.25) is 0 Å². The number of furan rings is 1. The number of nitrogens with zero attached hydrogens (tertiary/aromatic N) is 4. The normalized spacial score (nSPS) is 11.7. The van der Waals surface area contributed by atoms with Gasteiger partial charge in [-0.3, -0.25) is 0 Å². The van der Waals surface area contributed by atoms with Gasteiger partial charge < -0.3 is 8.98 Å². The van der Waals surface area contributed by atoms with Crippen LogP contribution in [-0.4, -0.2) is 19.5 Å². The first kappa shape index (κ1) is 39.9. The molecule has 0 aliphatic rings. The average molecular weight is 891 g/mol. The lowest BCUT2D eigenvalue weighted by Gasteiger charge is -2.14. The van der Waals surface area contributed by atoms with Crippen molar-refractivity contribution in [3.05, 3.63) is 206 Å². The largest absolute Gasteiger partial charge is 0.456 e. The van der Waals surface area contributed by atoms with E-state index < -0.39 is 0 Å². The standard InChI is InChI=1S/C59H34N4OS.C3H8/c1-2-14-37(15-3-1)57-60-58(62-59(61-57)40-24-28-46-45-20-8-9-23-50(45)64-51(46)34-40)39-16-10-17-41(32-39)63-49-29-25-35-12-4-6-18-42(35)54(49)47-22-11-21-44(56(47)63)38-27-30-52-48(33-38)55-43-19-7-5-13-36(43)26-31-53(55)65-52;1-3-2/h1-34H;3H2,1-2H3. The molecular weight excluding hydrogens is 849 g/mol. The maximum Gasteiger partial charge on any atom is 0.164 e. The lowest BCUT2D eigenvalue weighted by molar-refractivity contribution is 0.669. The van der Waals surface area contributed by atoms with Crippen LogP contribution < -0.4 is 0 Å². The van der Waals surface area contributed by atoms with Crippen LogP contribution in [0.4, 0.5) is 0 Å². The molecule has 0 N–H and O–H groups in total. The second-order valence-electron chi connectivity index (χ2n) is 17.4. The zero-order chi connectivity index (χ0) is 45.3. The van der Waals surface area contributed by atoms with Crippen LogP contribution in [0.1, 0.15) is 20.3 Å². The van der Waals surface area contributed by atoms with Crippen molar-refractivity contribution in [1.82, 2.24) is 19.5 Å². The molecule has 0 amide bonds. The fraction of sp³-hybridized carbons (Fsp3) is 0.0484. The molecule has 10 aromatic carbocycles. The number of para-hydroxylation sites is 2. The van der Waals surface area contributed by atoms with Crippen LogP contribution in [0.15, 0.2) is 211 Å². The van der Waals surface area contributed by atoms with E-state index in [1.165, 1.54) is 70.0 Å². The van der Waals surface area contributed by atoms with Gasteiger partial charge in [-0.2, -0.15) is 0 Å². The molecule has 0 aliphatic carbocycles. The Bertz CT molecular complexity index is 4280. The van der Waals surface area contributed by atoms with Gasteiger partial charge in [-0.1, -0.05) is 172 Å². The number of benzene rings is 10. The van der Waals surface area contributed by atoms with E-state index in [4.69, 9.17) is 19.4 Å². The van der Waals surface area contributed by atoms with Gasteiger partial charge >= 0.3 is 0 Å². The van der Waals surface area contributed by atoms with E-state index in [2.05, 4.69) is 170 Å². The molecular formula is C62H42N4OS. The van der Waals surface area contributed by atoms with Crippen molar-refractivity contribution in [2.75, 3.05) is 0 Å². The summed E-state index contributed by atoms with van der Waals surface area (Å²) in [6.07, 6.45) is 1.25. The zero-order valence-corrected chi connectivity index (χ0v) is 38.3. The molecule has 0 bridgehead atoms. The summed E-state index contributed by atoms with van der Waals surface area (Å²) in [5, 5.41) is 12.2. The van der Waals surface area contributed by atoms with E-state index in [-0.39, 0.29) is 0 Å². The highest BCUT2D eigenvalue weighted by Gasteiger charge is 2.21. The first-order valence-electron chi connectivity index (χ1n) is 23.2. The van der Waals surface area contributed by atoms with Crippen LogP contribution in [0.3, 0.4) is 0 Å². The van der Waals surface area contributed by atoms with Crippen LogP contribution in [0.25, 0.3) is 136 Å². The fourth-order valence-electron chi connectivity index (χ4n) is 10.1. The summed E-state index contributed by atoms with van der Waals surface area (Å²) in [7, 11) is 0. The quantitative estimate of drug-likeness (QED) is 0.173. The SMILES string of the molecule is CCC.c1ccc(-c2nc(-c3cccc(-n4c5ccc6ccccc6c5c5cccc(-c6ccc7sc8ccc9ccccc9c8c7c6)c54)c3)nc(-c3ccc4c(c3)oc3ccccc34)n2)cc1. The topological polar surface area (TPSA) is 56.7 Å². The summed E-state index contributed by atoms with van der Waals surface area (Å²) >= 11 is 1.86. The van der Waals surface area contributed by atoms with Crippen LogP contribution >= 0.6 is 11.3 Å². The van der Waals surface area contributed by atoms with Gasteiger partial charge in [0.05, 0.1) is 11.0 Å². The number of thiophene rings is 1. The summed E-state index contributed by atoms with van der Waals surface area (Å²) in [6.45, 7) is 4.25. The van der Waals surface area contributed by atoms with Gasteiger partial charge in [-0.25, -0.2) is 15.0 Å². The van der Waals surface area contributed by atoms with Gasteiger partial charge in [-0.15, -0.1) is 11.3 Å². The van der Waals surface area contributed by atoms with E-state index >= 15 is 0 Å². The van der Waals surface area contributed by atoms with E-state index in [0.717, 1.165) is 55.3 Å². The molecule has 0 unspecified atom stereocenters. The van der Waals surface area contributed by atoms with Crippen molar-refractivity contribution in [3.63, 3.8) is 0 Å². The van der Waals surface area contributed by atoms with E-state index in [0.29, 0.717) is 17.5 Å². The third-order valence-electron chi connectivity index (χ3n) is 13.0. The highest BCUT2D eigenvalue weighted by atomic mass is 32.1. The molecule has 0 spiro atoms. The number of hydrogen-bond acceptors (Lipinski definition) is 5. The first-order valence-corrected chi connectivity index (χ1v) is 24.1. The summed E-state index contributed by atoms with van der Waals surface area (Å²) in [5.41, 5.74) is 9.97. The smallest absolute Gasteiger partial charge is 0.164 e. The molecule has 0 saturated heterocycles. The van der Waals surface area contributed by atoms with Gasteiger partial charge in [-0.05, 0) is 81.7 Å². The minimum absolute atomic E-state index is 0.580. The van der Waals surface area contributed by atoms with Crippen molar-refractivity contribution >= 4 is 96.8 Å². The summed E-state index contributed by atoms with van der Waals surface area (Å²) in [6, 6.07) is 73.4. The molecule has 0 fully saturated rings. The van der Waals surface area contributed by atoms with E-state index in [1.807, 2.05) is 65.9 Å². The number of hydrogen-bond donors (Lipinski definition) is 0. The highest BCUT2D eigenvalue weighted by Crippen LogP contribution is 2.45. The molecule has 5 nitrogen and oxygen atoms in total. The lowest BCUT2D eigenvalue weighted by atomic mass is 9.97. The summed E-state index contributed by atoms with van der Waals surface area (Å²) < 4.78 is 11.4. The Morgan fingerprint density at radius 2 is 1.00 bits per heavy atom. The van der Waals surface area contributed by atoms with Gasteiger partial charge in [0.25, 0.3) is 0 Å². The van der Waals surface area contributed by atoms with Crippen LogP contribution in [0.2, 0.25) is 0 Å². The van der Waals surface area contributed by atoms with Crippen LogP contribution in [-0.2, 0) is 0 Å². The molecule has 6 heteroatoms. The van der Waals surface area contributed by atoms with Crippen molar-refractivity contribution < 1.29 is 4.42 Å². The second kappa shape index (κ2) is 16.2. The Kier molecular flexibility index (Phi) is 9.48. The van der Waals surface area contributed by atoms with Crippen LogP contribution in [0, 0.1) is 0 Å². The maximum atomic E-state index is 6.32. The second-order valence-corrected chi connectivity index (χ2v) is 18.5. The zero-order valence-electron chi connectivity index (χ0n) is 37.4. The van der Waals surface area contributed by atoms with Crippen molar-refractivity contribution in [2.24, 2.45) is 0 Å². The Morgan fingerprint density at radius 1 is 0.412 bits per heavy atom. The molecule has 14 rings (SSSR count). The number of rotatable bonds is 5. The number of aromatic nitrogens is 4. The Balaban J connectivity index is 0.00000149. The van der Waals surface area contributed by atoms with Gasteiger partial charge in [0.1, 0.15) is 11.2 Å². The fourth-order valence-corrected chi connectivity index (χ4v) is 11.2. The Hall–Kier alpha value is -8.45. The number of fused-ring (bicyclic) bond motifs is 13. The van der Waals surface area contributed by atoms with E-state index in [1.54, 1.807) is 0 Å². The summed E-state index contributed by atoms with van der Waals surface area (Å²) in [4.78, 5) is 15.5. The van der Waals surface area contributed by atoms with Gasteiger partial charge in [0.15, 0.2) is 17.5 Å². The molecule has 0 aliphatic heterocycles. The molecule has 14 aromatic rings. The molecule has 4 aromatic heterocycles. The molecule has 0 radical (unpaired) electrons. The minimum atomic E-state index is 0.580. The molecule has 68 heavy (non-hydrogen) atoms. The third kappa shape index (κ3) is 6.48. The lowest BCUT2D eigenvalue weighted by Crippen LogP contribution is -2.01. The monoisotopic (exact) mass is 890 g/mol. The van der Waals surface area contributed by atoms with E-state index in [9.17, 15) is 0 Å². The van der Waals surface area contributed by atoms with Crippen molar-refractivity contribution in [1.29, 1.82) is 0 Å². The van der Waals surface area contributed by atoms with Crippen molar-refractivity contribution in [2.45, 2.75) is 20.3 Å². The molecule has 0 atom stereocenters. The molecule has 4 heterocycles. The molecule has 0 saturated carbocycles. The predicted octanol–water partition coefficient (Wildman–Crippen LogP) is 17.6. The first-order chi connectivity index (χ1) is 33.6. The minimum Gasteiger partial charge on any atom is -0.456 e. The highest BCUT2D eigenvalue weighted by molar-refractivity contribution is 7.26. The summed E-state index contributed by atoms with van der Waals surface area (Å²) in [5.74, 6) is 1.78. The maximum absolute atomic E-state index is 6.32. The Morgan fingerprint density at radius 3 is 1.79 bits per heavy atom.